The van der Waals surface area contributed by atoms with Crippen LogP contribution in [0.3, 0.4) is 0 Å². The predicted octanol–water partition coefficient (Wildman–Crippen LogP) is -4.97. The number of hydrogen-bond donors (Lipinski definition) is 0. The average molecular weight is 564 g/mol. The molecule has 0 aromatic rings. The zero-order chi connectivity index (χ0) is 0. The van der Waals surface area contributed by atoms with Gasteiger partial charge in [0.2, 0.25) is 0 Å². The van der Waals surface area contributed by atoms with Gasteiger partial charge in [-0.3, -0.25) is 0 Å². The third-order valence-corrected chi connectivity index (χ3v) is 0. The molecule has 0 nitrogen and oxygen atoms in total. The van der Waals surface area contributed by atoms with Crippen LogP contribution in [0.25, 0.3) is 0 Å². The fourth-order valence-electron chi connectivity index (χ4n) is 0. The third kappa shape index (κ3) is 48.4. The van der Waals surface area contributed by atoms with Gasteiger partial charge in [-0.15, -0.1) is 0 Å². The number of rotatable bonds is 0. The topological polar surface area (TPSA) is 0 Å². The quantitative estimate of drug-likeness (QED) is 0.259. The molecule has 0 fully saturated rings. The van der Waals surface area contributed by atoms with E-state index in [1.54, 1.807) is 0 Å². The molecule has 0 spiro atoms. The maximum atomic E-state index is 0. The molecule has 0 amide bonds. The molecule has 0 aliphatic rings. The molecule has 18 radical (unpaired) electrons. The first-order valence-corrected chi connectivity index (χ1v) is 0. The molecule has 8 heteroatoms. The van der Waals surface area contributed by atoms with E-state index in [9.17, 15) is 0 Å². The van der Waals surface area contributed by atoms with Gasteiger partial charge >= 0.3 is 52.0 Å². The molecular weight excluding hydrogens is 554 g/mol. The van der Waals surface area contributed by atoms with Crippen molar-refractivity contribution >= 4 is 106 Å². The van der Waals surface area contributed by atoms with Crippen molar-refractivity contribution < 1.29 is 33.6 Å². The average Bonchev–Trinajstić information content (AvgIpc) is 0. The van der Waals surface area contributed by atoms with E-state index in [0.717, 1.165) is 0 Å². The van der Waals surface area contributed by atoms with Gasteiger partial charge in [0.05, 0.1) is 0 Å². The molecule has 0 N–H and O–H groups in total. The van der Waals surface area contributed by atoms with Crippen LogP contribution in [0.4, 0.5) is 0 Å². The van der Waals surface area contributed by atoms with E-state index >= 15 is 0 Å². The maximum absolute atomic E-state index is 0. The van der Waals surface area contributed by atoms with E-state index in [4.69, 9.17) is 0 Å². The van der Waals surface area contributed by atoms with Crippen LogP contribution in [0.15, 0.2) is 0 Å². The Kier molecular flexibility index (Phi) is 697. The van der Waals surface area contributed by atoms with E-state index in [-0.39, 0.29) is 139 Å². The van der Waals surface area contributed by atoms with Crippen LogP contribution in [0.5, 0.6) is 0 Å². The number of hydrogen-bond acceptors (Lipinski definition) is 0. The summed E-state index contributed by atoms with van der Waals surface area (Å²) < 4.78 is 0. The van der Waals surface area contributed by atoms with Crippen molar-refractivity contribution in [3.05, 3.63) is 0 Å². The smallest absolute Gasteiger partial charge is 0 e. The molecule has 0 aliphatic heterocycles. The first kappa shape index (κ1) is 85.5. The van der Waals surface area contributed by atoms with E-state index in [1.165, 1.54) is 0 Å². The standard InChI is InChI=1S/2Co.2GeH5.4Ge/h;;2*1H5;;;;/q;+2;2*-1;;;;. The Hall–Kier alpha value is 4.27. The van der Waals surface area contributed by atoms with Gasteiger partial charge in [0.15, 0.2) is 0 Å². The first-order valence-electron chi connectivity index (χ1n) is 0. The van der Waals surface area contributed by atoms with Gasteiger partial charge in [-0.25, -0.2) is 0 Å². The van der Waals surface area contributed by atoms with Crippen LogP contribution in [0.2, 0.25) is 0 Å². The molecule has 0 aromatic heterocycles. The fourth-order valence-corrected chi connectivity index (χ4v) is 0. The second-order valence-corrected chi connectivity index (χ2v) is 0. The Morgan fingerprint density at radius 3 is 0.500 bits per heavy atom. The van der Waals surface area contributed by atoms with E-state index in [0.29, 0.717) is 0 Å². The summed E-state index contributed by atoms with van der Waals surface area (Å²) in [5.41, 5.74) is 0. The summed E-state index contributed by atoms with van der Waals surface area (Å²) in [6.07, 6.45) is 0. The molecule has 0 saturated heterocycles. The summed E-state index contributed by atoms with van der Waals surface area (Å²) in [6.45, 7) is 0. The summed E-state index contributed by atoms with van der Waals surface area (Å²) in [6, 6.07) is 0. The van der Waals surface area contributed by atoms with Gasteiger partial charge in [-0.05, 0) is 0 Å². The second kappa shape index (κ2) is 65.2. The summed E-state index contributed by atoms with van der Waals surface area (Å²) >= 11 is 0. The molecule has 8 heavy (non-hydrogen) atoms. The molecule has 0 unspecified atom stereocenters. The van der Waals surface area contributed by atoms with Crippen LogP contribution < -0.4 is 0 Å². The van der Waals surface area contributed by atoms with Gasteiger partial charge < -0.3 is 0 Å². The molecule has 52 valence electrons. The third-order valence-electron chi connectivity index (χ3n) is 0. The van der Waals surface area contributed by atoms with Crippen molar-refractivity contribution in [3.63, 3.8) is 0 Å². The van der Waals surface area contributed by atoms with Crippen LogP contribution >= 0.6 is 0 Å². The molecule has 0 saturated carbocycles. The van der Waals surface area contributed by atoms with E-state index in [2.05, 4.69) is 0 Å². The van der Waals surface area contributed by atoms with Gasteiger partial charge in [0.25, 0.3) is 0 Å². The predicted molar refractivity (Wildman–Crippen MR) is 48.5 cm³/mol. The van der Waals surface area contributed by atoms with Crippen LogP contribution in [0, 0.1) is 0 Å². The largest absolute Gasteiger partial charge is 0 e. The van der Waals surface area contributed by atoms with Crippen molar-refractivity contribution in [2.75, 3.05) is 0 Å². The maximum Gasteiger partial charge on any atom is 0 e. The van der Waals surface area contributed by atoms with Crippen molar-refractivity contribution in [3.8, 4) is 0 Å². The molecule has 0 aromatic carbocycles. The zero-order valence-electron chi connectivity index (χ0n) is 2.67. The fraction of sp³-hybridized carbons (Fsp3) is 0. The van der Waals surface area contributed by atoms with Crippen molar-refractivity contribution in [2.45, 2.75) is 0 Å². The molecule has 0 bridgehead atoms. The van der Waals surface area contributed by atoms with Crippen LogP contribution in [0.1, 0.15) is 0 Å². The zero-order valence-corrected chi connectivity index (χ0v) is 13.1. The summed E-state index contributed by atoms with van der Waals surface area (Å²) in [5.74, 6) is 0. The minimum Gasteiger partial charge on any atom is 0 e. The normalized spacial score (nSPS) is 0. The molecule has 0 heterocycles. The summed E-state index contributed by atoms with van der Waals surface area (Å²) in [7, 11) is 0. The summed E-state index contributed by atoms with van der Waals surface area (Å²) in [5, 5.41) is 0. The molecule has 0 atom stereocenters. The van der Waals surface area contributed by atoms with Crippen molar-refractivity contribution in [1.82, 2.24) is 0 Å². The SMILES string of the molecule is [Co+2].[Co].[GeH5-].[GeH5-].[Ge].[Ge].[Ge].[Ge]. The Morgan fingerprint density at radius 1 is 0.500 bits per heavy atom. The second-order valence-electron chi connectivity index (χ2n) is 0. The Labute approximate surface area is 137 Å². The minimum atomic E-state index is 0. The van der Waals surface area contributed by atoms with Gasteiger partial charge in [-0.1, -0.05) is 0 Å². The Balaban J connectivity index is 0. The van der Waals surface area contributed by atoms with E-state index in [1.807, 2.05) is 0 Å². The van der Waals surface area contributed by atoms with Gasteiger partial charge in [0, 0.05) is 87.2 Å². The van der Waals surface area contributed by atoms with Crippen molar-refractivity contribution in [1.29, 1.82) is 0 Å². The minimum absolute atomic E-state index is 0. The Bertz CT molecular complexity index is 6.49. The van der Waals surface area contributed by atoms with Crippen LogP contribution in [-0.2, 0) is 33.6 Å². The van der Waals surface area contributed by atoms with Crippen molar-refractivity contribution in [2.24, 2.45) is 0 Å². The van der Waals surface area contributed by atoms with Gasteiger partial charge in [-0.2, -0.15) is 0 Å². The van der Waals surface area contributed by atoms with E-state index < -0.39 is 0 Å². The molecule has 0 rings (SSSR count). The Morgan fingerprint density at radius 2 is 0.500 bits per heavy atom. The van der Waals surface area contributed by atoms with Gasteiger partial charge in [0.1, 0.15) is 0 Å². The first-order chi connectivity index (χ1) is 0. The summed E-state index contributed by atoms with van der Waals surface area (Å²) in [4.78, 5) is 0. The van der Waals surface area contributed by atoms with Crippen LogP contribution in [-0.4, -0.2) is 106 Å². The monoisotopic (exact) mass is 571 g/mol. The molecule has 0 aliphatic carbocycles. The molecular formula is H10Co2Ge6.